The first kappa shape index (κ1) is 26.6. The van der Waals surface area contributed by atoms with Gasteiger partial charge in [-0.2, -0.15) is 5.10 Å². The molecule has 0 aliphatic rings. The summed E-state index contributed by atoms with van der Waals surface area (Å²) < 4.78 is 0. The van der Waals surface area contributed by atoms with Gasteiger partial charge in [0.1, 0.15) is 5.82 Å². The van der Waals surface area contributed by atoms with E-state index in [1.807, 2.05) is 32.3 Å². The van der Waals surface area contributed by atoms with Gasteiger partial charge in [0.2, 0.25) is 0 Å². The first-order valence-electron chi connectivity index (χ1n) is 13.3. The molecule has 0 spiro atoms. The zero-order valence-electron chi connectivity index (χ0n) is 21.8. The Morgan fingerprint density at radius 2 is 1.51 bits per heavy atom. The number of anilines is 2. The molecule has 0 aliphatic heterocycles. The van der Waals surface area contributed by atoms with E-state index in [-0.39, 0.29) is 0 Å². The van der Waals surface area contributed by atoms with Crippen molar-refractivity contribution in [1.29, 1.82) is 0 Å². The lowest BCUT2D eigenvalue weighted by Crippen LogP contribution is -2.27. The van der Waals surface area contributed by atoms with Gasteiger partial charge >= 0.3 is 0 Å². The minimum absolute atomic E-state index is 0.913. The van der Waals surface area contributed by atoms with Crippen molar-refractivity contribution < 1.29 is 0 Å². The van der Waals surface area contributed by atoms with Crippen LogP contribution in [0.15, 0.2) is 48.8 Å². The van der Waals surface area contributed by atoms with Crippen LogP contribution in [0, 0.1) is 13.8 Å². The van der Waals surface area contributed by atoms with Crippen LogP contribution < -0.4 is 10.2 Å². The molecule has 188 valence electrons. The summed E-state index contributed by atoms with van der Waals surface area (Å²) in [6.07, 6.45) is 14.8. The van der Waals surface area contributed by atoms with Crippen LogP contribution in [0.4, 0.5) is 11.6 Å². The minimum atomic E-state index is 0.913. The molecule has 1 aromatic carbocycles. The number of nitrogens with one attached hydrogen (secondary N) is 1. The third-order valence-electron chi connectivity index (χ3n) is 6.33. The number of aromatic nitrogens is 4. The van der Waals surface area contributed by atoms with Crippen molar-refractivity contribution in [2.24, 2.45) is 0 Å². The zero-order chi connectivity index (χ0) is 24.7. The molecule has 3 rings (SSSR count). The van der Waals surface area contributed by atoms with Gasteiger partial charge in [0, 0.05) is 31.4 Å². The van der Waals surface area contributed by atoms with E-state index in [4.69, 9.17) is 0 Å². The average Bonchev–Trinajstić information content (AvgIpc) is 2.89. The molecule has 0 saturated heterocycles. The number of benzene rings is 1. The highest BCUT2D eigenvalue weighted by atomic mass is 15.3. The third-order valence-corrected chi connectivity index (χ3v) is 6.33. The van der Waals surface area contributed by atoms with E-state index in [1.54, 1.807) is 0 Å². The van der Waals surface area contributed by atoms with E-state index in [1.165, 1.54) is 50.5 Å². The molecule has 0 aliphatic carbocycles. The van der Waals surface area contributed by atoms with Gasteiger partial charge < -0.3 is 10.2 Å². The Balaban J connectivity index is 1.48. The van der Waals surface area contributed by atoms with E-state index in [2.05, 4.69) is 67.6 Å². The predicted molar refractivity (Wildman–Crippen MR) is 147 cm³/mol. The van der Waals surface area contributed by atoms with Gasteiger partial charge in [0.05, 0.1) is 17.6 Å². The van der Waals surface area contributed by atoms with Crippen LogP contribution in [0.25, 0.3) is 11.1 Å². The lowest BCUT2D eigenvalue weighted by Gasteiger charge is -2.24. The lowest BCUT2D eigenvalue weighted by atomic mass is 10.1. The quantitative estimate of drug-likeness (QED) is 0.225. The van der Waals surface area contributed by atoms with Crippen molar-refractivity contribution in [3.05, 3.63) is 60.2 Å². The van der Waals surface area contributed by atoms with Crippen LogP contribution in [-0.4, -0.2) is 39.8 Å². The van der Waals surface area contributed by atoms with Crippen molar-refractivity contribution in [3.63, 3.8) is 0 Å². The molecular formula is C29H42N6. The summed E-state index contributed by atoms with van der Waals surface area (Å²) in [7, 11) is 0. The summed E-state index contributed by atoms with van der Waals surface area (Å²) in [6.45, 7) is 9.25. The SMILES string of the molecule is CCCCCCCN(CCCCCCNc1nc(C)cnc1C)c1cc(-c2ccccc2)cnn1. The maximum Gasteiger partial charge on any atom is 0.151 e. The number of hydrogen-bond acceptors (Lipinski definition) is 6. The highest BCUT2D eigenvalue weighted by Gasteiger charge is 2.10. The number of hydrogen-bond donors (Lipinski definition) is 1. The predicted octanol–water partition coefficient (Wildman–Crippen LogP) is 7.00. The Morgan fingerprint density at radius 1 is 0.800 bits per heavy atom. The summed E-state index contributed by atoms with van der Waals surface area (Å²) in [5, 5.41) is 12.3. The van der Waals surface area contributed by atoms with Gasteiger partial charge in [-0.25, -0.2) is 4.98 Å². The maximum absolute atomic E-state index is 4.55. The second-order valence-corrected chi connectivity index (χ2v) is 9.36. The molecular weight excluding hydrogens is 432 g/mol. The molecule has 0 bridgehead atoms. The van der Waals surface area contributed by atoms with Crippen molar-refractivity contribution in [2.45, 2.75) is 78.6 Å². The average molecular weight is 475 g/mol. The molecule has 6 nitrogen and oxygen atoms in total. The first-order valence-corrected chi connectivity index (χ1v) is 13.3. The fourth-order valence-corrected chi connectivity index (χ4v) is 4.24. The van der Waals surface area contributed by atoms with Crippen molar-refractivity contribution in [2.75, 3.05) is 29.9 Å². The Hall–Kier alpha value is -3.02. The minimum Gasteiger partial charge on any atom is -0.369 e. The lowest BCUT2D eigenvalue weighted by molar-refractivity contribution is 0.590. The van der Waals surface area contributed by atoms with Gasteiger partial charge in [-0.1, -0.05) is 75.8 Å². The van der Waals surface area contributed by atoms with Crippen LogP contribution in [0.1, 0.15) is 76.1 Å². The zero-order valence-corrected chi connectivity index (χ0v) is 21.8. The third kappa shape index (κ3) is 9.27. The van der Waals surface area contributed by atoms with E-state index in [9.17, 15) is 0 Å². The molecule has 35 heavy (non-hydrogen) atoms. The maximum atomic E-state index is 4.55. The molecule has 0 fully saturated rings. The molecule has 0 radical (unpaired) electrons. The fourth-order valence-electron chi connectivity index (χ4n) is 4.24. The number of rotatable bonds is 16. The van der Waals surface area contributed by atoms with Gasteiger partial charge in [-0.05, 0) is 44.7 Å². The van der Waals surface area contributed by atoms with E-state index < -0.39 is 0 Å². The van der Waals surface area contributed by atoms with Crippen molar-refractivity contribution in [1.82, 2.24) is 20.2 Å². The van der Waals surface area contributed by atoms with Gasteiger partial charge in [-0.15, -0.1) is 5.10 Å². The highest BCUT2D eigenvalue weighted by Crippen LogP contribution is 2.22. The van der Waals surface area contributed by atoms with Crippen molar-refractivity contribution in [3.8, 4) is 11.1 Å². The van der Waals surface area contributed by atoms with Crippen LogP contribution >= 0.6 is 0 Å². The molecule has 3 aromatic rings. The Labute approximate surface area is 211 Å². The Morgan fingerprint density at radius 3 is 2.26 bits per heavy atom. The van der Waals surface area contributed by atoms with Gasteiger partial charge in [-0.3, -0.25) is 4.98 Å². The summed E-state index contributed by atoms with van der Waals surface area (Å²) >= 11 is 0. The smallest absolute Gasteiger partial charge is 0.151 e. The second-order valence-electron chi connectivity index (χ2n) is 9.36. The molecule has 2 aromatic heterocycles. The van der Waals surface area contributed by atoms with E-state index in [0.29, 0.717) is 0 Å². The molecule has 2 heterocycles. The number of aryl methyl sites for hydroxylation is 2. The molecule has 0 atom stereocenters. The topological polar surface area (TPSA) is 66.8 Å². The van der Waals surface area contributed by atoms with Crippen LogP contribution in [0.2, 0.25) is 0 Å². The van der Waals surface area contributed by atoms with Crippen LogP contribution in [0.3, 0.4) is 0 Å². The molecule has 0 amide bonds. The fraction of sp³-hybridized carbons (Fsp3) is 0.517. The number of nitrogens with zero attached hydrogens (tertiary/aromatic N) is 5. The number of unbranched alkanes of at least 4 members (excludes halogenated alkanes) is 7. The van der Waals surface area contributed by atoms with Gasteiger partial charge in [0.15, 0.2) is 5.82 Å². The van der Waals surface area contributed by atoms with E-state index >= 15 is 0 Å². The molecule has 1 N–H and O–H groups in total. The Bertz CT molecular complexity index is 991. The van der Waals surface area contributed by atoms with Crippen LogP contribution in [-0.2, 0) is 0 Å². The second kappa shape index (κ2) is 15.1. The van der Waals surface area contributed by atoms with Gasteiger partial charge in [0.25, 0.3) is 0 Å². The highest BCUT2D eigenvalue weighted by molar-refractivity contribution is 5.65. The Kier molecular flexibility index (Phi) is 11.4. The molecule has 0 unspecified atom stereocenters. The van der Waals surface area contributed by atoms with E-state index in [0.717, 1.165) is 61.1 Å². The standard InChI is InChI=1S/C29H42N6/c1-4-5-6-8-14-19-35(28-21-27(23-32-34-28)26-16-11-10-12-17-26)20-15-9-7-13-18-30-29-25(3)31-22-24(2)33-29/h10-12,16-17,21-23H,4-9,13-15,18-20H2,1-3H3,(H,30,33). The summed E-state index contributed by atoms with van der Waals surface area (Å²) in [6, 6.07) is 12.7. The monoisotopic (exact) mass is 474 g/mol. The summed E-state index contributed by atoms with van der Waals surface area (Å²) in [5.41, 5.74) is 4.23. The summed E-state index contributed by atoms with van der Waals surface area (Å²) in [4.78, 5) is 11.4. The molecule has 6 heteroatoms. The largest absolute Gasteiger partial charge is 0.369 e. The first-order chi connectivity index (χ1) is 17.2. The van der Waals surface area contributed by atoms with Crippen molar-refractivity contribution >= 4 is 11.6 Å². The van der Waals surface area contributed by atoms with Crippen LogP contribution in [0.5, 0.6) is 0 Å². The summed E-state index contributed by atoms with van der Waals surface area (Å²) in [5.74, 6) is 1.91. The molecule has 0 saturated carbocycles. The normalized spacial score (nSPS) is 10.9.